The second-order valence-corrected chi connectivity index (χ2v) is 11.2. The van der Waals surface area contributed by atoms with E-state index in [0.717, 1.165) is 70.0 Å². The predicted molar refractivity (Wildman–Crippen MR) is 132 cm³/mol. The van der Waals surface area contributed by atoms with Crippen LogP contribution in [-0.4, -0.2) is 82.2 Å². The van der Waals surface area contributed by atoms with Crippen molar-refractivity contribution in [2.45, 2.75) is 30.2 Å². The van der Waals surface area contributed by atoms with Gasteiger partial charge in [0.15, 0.2) is 9.84 Å². The Labute approximate surface area is 201 Å². The van der Waals surface area contributed by atoms with Crippen LogP contribution in [0.1, 0.15) is 19.3 Å². The minimum atomic E-state index is -3.19. The fourth-order valence-corrected chi connectivity index (χ4v) is 5.23. The van der Waals surface area contributed by atoms with Gasteiger partial charge in [0.2, 0.25) is 5.91 Å². The summed E-state index contributed by atoms with van der Waals surface area (Å²) in [4.78, 5) is 19.6. The molecular weight excluding hydrogens is 455 g/mol. The fourth-order valence-electron chi connectivity index (χ4n) is 4.60. The monoisotopic (exact) mass is 488 g/mol. The zero-order valence-electron chi connectivity index (χ0n) is 19.6. The lowest BCUT2D eigenvalue weighted by atomic mass is 10.0. The number of nitrogens with one attached hydrogen (secondary N) is 1. The Morgan fingerprint density at radius 3 is 2.15 bits per heavy atom. The van der Waals surface area contributed by atoms with Crippen molar-refractivity contribution in [2.24, 2.45) is 0 Å². The molecule has 2 saturated heterocycles. The molecule has 0 saturated carbocycles. The van der Waals surface area contributed by atoms with Gasteiger partial charge in [0.1, 0.15) is 5.82 Å². The first-order chi connectivity index (χ1) is 16.3. The van der Waals surface area contributed by atoms with Crippen molar-refractivity contribution in [3.63, 3.8) is 0 Å². The van der Waals surface area contributed by atoms with Crippen molar-refractivity contribution in [3.05, 3.63) is 54.3 Å². The number of halogens is 1. The quantitative estimate of drug-likeness (QED) is 0.646. The first-order valence-corrected chi connectivity index (χ1v) is 13.7. The Morgan fingerprint density at radius 2 is 1.56 bits per heavy atom. The molecule has 0 spiro atoms. The number of carbonyl (C=O) groups is 1. The molecule has 0 bridgehead atoms. The van der Waals surface area contributed by atoms with Gasteiger partial charge in [-0.3, -0.25) is 9.69 Å². The normalized spacial score (nSPS) is 18.2. The Kier molecular flexibility index (Phi) is 7.73. The number of piperidine rings is 1. The third-order valence-electron chi connectivity index (χ3n) is 6.71. The fraction of sp³-hybridized carbons (Fsp3) is 0.480. The molecule has 2 aliphatic rings. The van der Waals surface area contributed by atoms with Gasteiger partial charge in [-0.25, -0.2) is 12.8 Å². The Morgan fingerprint density at radius 1 is 0.941 bits per heavy atom. The summed E-state index contributed by atoms with van der Waals surface area (Å²) in [6, 6.07) is 13.7. The number of carbonyl (C=O) groups excluding carboxylic acids is 1. The highest BCUT2D eigenvalue weighted by Crippen LogP contribution is 2.20. The number of likely N-dealkylation sites (tertiary alicyclic amines) is 1. The smallest absolute Gasteiger partial charge is 0.223 e. The zero-order valence-corrected chi connectivity index (χ0v) is 20.4. The van der Waals surface area contributed by atoms with Crippen LogP contribution < -0.4 is 10.2 Å². The van der Waals surface area contributed by atoms with Crippen LogP contribution >= 0.6 is 0 Å². The molecule has 184 valence electrons. The summed E-state index contributed by atoms with van der Waals surface area (Å²) in [5.41, 5.74) is 1.94. The van der Waals surface area contributed by atoms with Gasteiger partial charge in [0.05, 0.1) is 4.90 Å². The Balaban J connectivity index is 1.15. The summed E-state index contributed by atoms with van der Waals surface area (Å²) in [6.07, 6.45) is 3.48. The van der Waals surface area contributed by atoms with Gasteiger partial charge in [-0.05, 0) is 61.4 Å². The van der Waals surface area contributed by atoms with Crippen molar-refractivity contribution in [2.75, 3.05) is 62.3 Å². The SMILES string of the molecule is CS(=O)(=O)c1ccc(NC2CCN(C(=O)CCN3CCN(c4ccc(F)cc4)CC3)CC2)cc1. The van der Waals surface area contributed by atoms with Gasteiger partial charge in [0, 0.05) is 75.9 Å². The number of hydrogen-bond donors (Lipinski definition) is 1. The van der Waals surface area contributed by atoms with Crippen LogP contribution in [0.25, 0.3) is 0 Å². The maximum absolute atomic E-state index is 13.1. The van der Waals surface area contributed by atoms with Gasteiger partial charge < -0.3 is 15.1 Å². The number of anilines is 2. The summed E-state index contributed by atoms with van der Waals surface area (Å²) in [7, 11) is -3.19. The third-order valence-corrected chi connectivity index (χ3v) is 7.84. The van der Waals surface area contributed by atoms with E-state index in [4.69, 9.17) is 0 Å². The summed E-state index contributed by atoms with van der Waals surface area (Å²) >= 11 is 0. The summed E-state index contributed by atoms with van der Waals surface area (Å²) in [6.45, 7) is 5.78. The van der Waals surface area contributed by atoms with Crippen molar-refractivity contribution in [1.82, 2.24) is 9.80 Å². The van der Waals surface area contributed by atoms with E-state index in [9.17, 15) is 17.6 Å². The van der Waals surface area contributed by atoms with Crippen LogP contribution in [0.5, 0.6) is 0 Å². The van der Waals surface area contributed by atoms with E-state index >= 15 is 0 Å². The van der Waals surface area contributed by atoms with Crippen LogP contribution in [0, 0.1) is 5.82 Å². The van der Waals surface area contributed by atoms with Crippen LogP contribution in [0.3, 0.4) is 0 Å². The number of hydrogen-bond acceptors (Lipinski definition) is 6. The number of rotatable bonds is 7. The number of amides is 1. The predicted octanol–water partition coefficient (Wildman–Crippen LogP) is 2.84. The largest absolute Gasteiger partial charge is 0.382 e. The average Bonchev–Trinajstić information content (AvgIpc) is 2.84. The highest BCUT2D eigenvalue weighted by Gasteiger charge is 2.24. The van der Waals surface area contributed by atoms with E-state index in [1.165, 1.54) is 18.4 Å². The van der Waals surface area contributed by atoms with Crippen LogP contribution in [0.15, 0.2) is 53.4 Å². The lowest BCUT2D eigenvalue weighted by Crippen LogP contribution is -2.48. The molecule has 0 unspecified atom stereocenters. The Bertz CT molecular complexity index is 1060. The second-order valence-electron chi connectivity index (χ2n) is 9.15. The van der Waals surface area contributed by atoms with Gasteiger partial charge in [-0.15, -0.1) is 0 Å². The lowest BCUT2D eigenvalue weighted by Gasteiger charge is -2.37. The van der Waals surface area contributed by atoms with Gasteiger partial charge >= 0.3 is 0 Å². The van der Waals surface area contributed by atoms with Crippen molar-refractivity contribution < 1.29 is 17.6 Å². The molecule has 2 aromatic rings. The maximum atomic E-state index is 13.1. The first kappa shape index (κ1) is 24.5. The highest BCUT2D eigenvalue weighted by molar-refractivity contribution is 7.90. The molecule has 2 aliphatic heterocycles. The molecule has 9 heteroatoms. The van der Waals surface area contributed by atoms with Crippen molar-refractivity contribution >= 4 is 27.1 Å². The van der Waals surface area contributed by atoms with Crippen molar-refractivity contribution in [1.29, 1.82) is 0 Å². The van der Waals surface area contributed by atoms with Crippen LogP contribution in [0.4, 0.5) is 15.8 Å². The number of piperazine rings is 1. The molecule has 0 radical (unpaired) electrons. The van der Waals surface area contributed by atoms with Crippen LogP contribution in [0.2, 0.25) is 0 Å². The average molecular weight is 489 g/mol. The van der Waals surface area contributed by atoms with Gasteiger partial charge in [0.25, 0.3) is 0 Å². The summed E-state index contributed by atoms with van der Waals surface area (Å²) in [5.74, 6) is -0.0131. The molecule has 34 heavy (non-hydrogen) atoms. The maximum Gasteiger partial charge on any atom is 0.223 e. The van der Waals surface area contributed by atoms with E-state index in [1.54, 1.807) is 24.3 Å². The number of benzene rings is 2. The van der Waals surface area contributed by atoms with Crippen molar-refractivity contribution in [3.8, 4) is 0 Å². The molecule has 1 amide bonds. The summed E-state index contributed by atoms with van der Waals surface area (Å²) < 4.78 is 36.3. The summed E-state index contributed by atoms with van der Waals surface area (Å²) in [5, 5.41) is 3.46. The minimum absolute atomic E-state index is 0.205. The molecule has 0 atom stereocenters. The number of nitrogens with zero attached hydrogens (tertiary/aromatic N) is 3. The topological polar surface area (TPSA) is 73.0 Å². The third kappa shape index (κ3) is 6.48. The molecule has 0 aliphatic carbocycles. The zero-order chi connectivity index (χ0) is 24.1. The standard InChI is InChI=1S/C25H33FN4O3S/c1-34(32,33)24-8-4-21(5-9-24)27-22-10-14-30(15-11-22)25(31)12-13-28-16-18-29(19-17-28)23-6-2-20(26)3-7-23/h2-9,22,27H,10-19H2,1H3. The molecule has 0 aromatic heterocycles. The number of sulfone groups is 1. The van der Waals surface area contributed by atoms with Gasteiger partial charge in [-0.1, -0.05) is 0 Å². The Hall–Kier alpha value is -2.65. The van der Waals surface area contributed by atoms with Gasteiger partial charge in [-0.2, -0.15) is 0 Å². The second kappa shape index (κ2) is 10.7. The molecule has 2 fully saturated rings. The molecule has 4 rings (SSSR count). The van der Waals surface area contributed by atoms with E-state index in [0.29, 0.717) is 11.3 Å². The lowest BCUT2D eigenvalue weighted by molar-refractivity contribution is -0.132. The minimum Gasteiger partial charge on any atom is -0.382 e. The van der Waals surface area contributed by atoms with Crippen LogP contribution in [-0.2, 0) is 14.6 Å². The van der Waals surface area contributed by atoms with E-state index in [1.807, 2.05) is 17.0 Å². The van der Waals surface area contributed by atoms with E-state index in [2.05, 4.69) is 15.1 Å². The highest BCUT2D eigenvalue weighted by atomic mass is 32.2. The molecule has 7 nitrogen and oxygen atoms in total. The molecule has 2 aromatic carbocycles. The van der Waals surface area contributed by atoms with E-state index in [-0.39, 0.29) is 17.8 Å². The molecule has 1 N–H and O–H groups in total. The first-order valence-electron chi connectivity index (χ1n) is 11.9. The molecule has 2 heterocycles. The van der Waals surface area contributed by atoms with E-state index < -0.39 is 9.84 Å². The molecular formula is C25H33FN4O3S.